The molecule has 0 N–H and O–H groups in total. The van der Waals surface area contributed by atoms with Gasteiger partial charge in [0.2, 0.25) is 0 Å². The van der Waals surface area contributed by atoms with Gasteiger partial charge in [0.05, 0.1) is 18.2 Å². The molecule has 2 aromatic carbocycles. The third-order valence-corrected chi connectivity index (χ3v) is 6.94. The Morgan fingerprint density at radius 3 is 2.51 bits per heavy atom. The normalized spacial score (nSPS) is 15.8. The van der Waals surface area contributed by atoms with Crippen LogP contribution in [0.4, 0.5) is 10.5 Å². The highest BCUT2D eigenvalue weighted by Gasteiger charge is 2.34. The Morgan fingerprint density at radius 2 is 1.85 bits per heavy atom. The number of nitrogens with zero attached hydrogens (tertiary/aromatic N) is 2. The van der Waals surface area contributed by atoms with Crippen LogP contribution < -0.4 is 14.4 Å². The minimum atomic E-state index is -0.636. The summed E-state index contributed by atoms with van der Waals surface area (Å²) in [6.07, 6.45) is 4.86. The predicted molar refractivity (Wildman–Crippen MR) is 157 cm³/mol. The van der Waals surface area contributed by atoms with E-state index in [2.05, 4.69) is 11.5 Å². The standard InChI is InChI=1S/C31H39ClN2O5/c1-8-17-38-28-14-10-23(21(2)22(28)3)9-12-26(35)18-25-20-33(24-11-13-27(32)29(19-24)37-7)15-16-34(25)30(36)39-31(4,5)6/h8-14,19,25H,1,15-18,20H2,2-7H3/b12-9+. The van der Waals surface area contributed by atoms with Crippen LogP contribution in [0.15, 0.2) is 49.1 Å². The van der Waals surface area contributed by atoms with E-state index in [1.165, 1.54) is 0 Å². The van der Waals surface area contributed by atoms with E-state index in [9.17, 15) is 9.59 Å². The summed E-state index contributed by atoms with van der Waals surface area (Å²) in [6, 6.07) is 9.05. The van der Waals surface area contributed by atoms with E-state index in [1.807, 2.05) is 65.0 Å². The van der Waals surface area contributed by atoms with Gasteiger partial charge in [0.15, 0.2) is 5.78 Å². The average Bonchev–Trinajstić information content (AvgIpc) is 2.88. The number of hydrogen-bond donors (Lipinski definition) is 0. The van der Waals surface area contributed by atoms with Crippen LogP contribution >= 0.6 is 11.6 Å². The maximum absolute atomic E-state index is 13.2. The van der Waals surface area contributed by atoms with E-state index in [4.69, 9.17) is 25.8 Å². The molecule has 210 valence electrons. The fraction of sp³-hybridized carbons (Fsp3) is 0.419. The van der Waals surface area contributed by atoms with E-state index < -0.39 is 11.7 Å². The Balaban J connectivity index is 1.80. The first-order valence-electron chi connectivity index (χ1n) is 13.1. The molecular formula is C31H39ClN2O5. The number of hydrogen-bond acceptors (Lipinski definition) is 6. The first-order chi connectivity index (χ1) is 18.4. The molecule has 1 saturated heterocycles. The van der Waals surface area contributed by atoms with Crippen LogP contribution in [-0.2, 0) is 9.53 Å². The smallest absolute Gasteiger partial charge is 0.410 e. The molecule has 1 aliphatic heterocycles. The van der Waals surface area contributed by atoms with Crippen LogP contribution in [0.1, 0.15) is 43.9 Å². The molecule has 1 aliphatic rings. The molecule has 1 fully saturated rings. The van der Waals surface area contributed by atoms with Gasteiger partial charge in [-0.15, -0.1) is 0 Å². The third-order valence-electron chi connectivity index (χ3n) is 6.63. The summed E-state index contributed by atoms with van der Waals surface area (Å²) in [5.41, 5.74) is 3.27. The minimum absolute atomic E-state index is 0.0758. The molecule has 3 rings (SSSR count). The van der Waals surface area contributed by atoms with Gasteiger partial charge in [-0.05, 0) is 75.6 Å². The third kappa shape index (κ3) is 8.02. The van der Waals surface area contributed by atoms with Crippen molar-refractivity contribution in [3.63, 3.8) is 0 Å². The lowest BCUT2D eigenvalue weighted by molar-refractivity contribution is -0.115. The van der Waals surface area contributed by atoms with Crippen LogP contribution in [0.25, 0.3) is 6.08 Å². The average molecular weight is 555 g/mol. The number of carbonyl (C=O) groups excluding carboxylic acids is 2. The zero-order chi connectivity index (χ0) is 28.7. The Labute approximate surface area is 237 Å². The number of carbonyl (C=O) groups is 2. The number of benzene rings is 2. The summed E-state index contributed by atoms with van der Waals surface area (Å²) >= 11 is 6.22. The number of methoxy groups -OCH3 is 1. The van der Waals surface area contributed by atoms with E-state index in [-0.39, 0.29) is 18.2 Å². The van der Waals surface area contributed by atoms with Crippen molar-refractivity contribution in [1.82, 2.24) is 4.90 Å². The maximum Gasteiger partial charge on any atom is 0.410 e. The molecule has 2 aromatic rings. The first-order valence-corrected chi connectivity index (χ1v) is 13.4. The molecule has 1 atom stereocenters. The lowest BCUT2D eigenvalue weighted by atomic mass is 10.0. The summed E-state index contributed by atoms with van der Waals surface area (Å²) in [5.74, 6) is 1.30. The monoisotopic (exact) mass is 554 g/mol. The van der Waals surface area contributed by atoms with Crippen molar-refractivity contribution in [1.29, 1.82) is 0 Å². The Morgan fingerprint density at radius 1 is 1.10 bits per heavy atom. The summed E-state index contributed by atoms with van der Waals surface area (Å²) < 4.78 is 16.8. The van der Waals surface area contributed by atoms with Crippen LogP contribution in [0.5, 0.6) is 11.5 Å². The molecule has 0 radical (unpaired) electrons. The van der Waals surface area contributed by atoms with Gasteiger partial charge in [0, 0.05) is 37.8 Å². The topological polar surface area (TPSA) is 68.3 Å². The lowest BCUT2D eigenvalue weighted by Crippen LogP contribution is -2.56. The second-order valence-corrected chi connectivity index (χ2v) is 11.0. The van der Waals surface area contributed by atoms with Gasteiger partial charge >= 0.3 is 6.09 Å². The molecule has 0 aromatic heterocycles. The van der Waals surface area contributed by atoms with Gasteiger partial charge < -0.3 is 24.0 Å². The van der Waals surface area contributed by atoms with Crippen molar-refractivity contribution < 1.29 is 23.8 Å². The molecular weight excluding hydrogens is 516 g/mol. The zero-order valence-corrected chi connectivity index (χ0v) is 24.5. The van der Waals surface area contributed by atoms with Gasteiger partial charge in [-0.25, -0.2) is 4.79 Å². The second-order valence-electron chi connectivity index (χ2n) is 10.6. The van der Waals surface area contributed by atoms with Crippen molar-refractivity contribution >= 4 is 35.2 Å². The molecule has 1 heterocycles. The Bertz CT molecular complexity index is 1230. The number of piperazine rings is 1. The Kier molecular flexibility index (Phi) is 10.1. The molecule has 0 bridgehead atoms. The summed E-state index contributed by atoms with van der Waals surface area (Å²) in [7, 11) is 1.57. The predicted octanol–water partition coefficient (Wildman–Crippen LogP) is 6.63. The number of ether oxygens (including phenoxy) is 3. The van der Waals surface area contributed by atoms with Crippen LogP contribution in [0.2, 0.25) is 5.02 Å². The van der Waals surface area contributed by atoms with Crippen LogP contribution in [0, 0.1) is 13.8 Å². The molecule has 7 nitrogen and oxygen atoms in total. The molecule has 8 heteroatoms. The van der Waals surface area contributed by atoms with Gasteiger partial charge in [0.1, 0.15) is 23.7 Å². The summed E-state index contributed by atoms with van der Waals surface area (Å²) in [4.78, 5) is 30.0. The zero-order valence-electron chi connectivity index (χ0n) is 23.8. The quantitative estimate of drug-likeness (QED) is 0.256. The van der Waals surface area contributed by atoms with E-state index in [1.54, 1.807) is 30.2 Å². The molecule has 39 heavy (non-hydrogen) atoms. The SMILES string of the molecule is C=CCOc1ccc(/C=C/C(=O)CC2CN(c3ccc(Cl)c(OC)c3)CCN2C(=O)OC(C)(C)C)c(C)c1C. The number of amides is 1. The second kappa shape index (κ2) is 13.1. The molecule has 0 aliphatic carbocycles. The van der Waals surface area contributed by atoms with Crippen molar-refractivity contribution in [3.05, 3.63) is 70.8 Å². The summed E-state index contributed by atoms with van der Waals surface area (Å²) in [6.45, 7) is 15.1. The van der Waals surface area contributed by atoms with Gasteiger partial charge in [-0.2, -0.15) is 0 Å². The van der Waals surface area contributed by atoms with E-state index in [0.29, 0.717) is 37.0 Å². The largest absolute Gasteiger partial charge is 0.495 e. The number of allylic oxidation sites excluding steroid dienone is 1. The number of rotatable bonds is 9. The number of ketones is 1. The van der Waals surface area contributed by atoms with Gasteiger partial charge in [-0.3, -0.25) is 4.79 Å². The number of anilines is 1. The molecule has 1 amide bonds. The highest BCUT2D eigenvalue weighted by atomic mass is 35.5. The van der Waals surface area contributed by atoms with Crippen molar-refractivity contribution in [2.75, 3.05) is 38.3 Å². The highest BCUT2D eigenvalue weighted by Crippen LogP contribution is 2.31. The van der Waals surface area contributed by atoms with Crippen molar-refractivity contribution in [2.45, 2.75) is 52.7 Å². The van der Waals surface area contributed by atoms with Crippen LogP contribution in [-0.4, -0.2) is 61.8 Å². The number of halogens is 1. The minimum Gasteiger partial charge on any atom is -0.495 e. The lowest BCUT2D eigenvalue weighted by Gasteiger charge is -2.42. The molecule has 1 unspecified atom stereocenters. The fourth-order valence-corrected chi connectivity index (χ4v) is 4.65. The highest BCUT2D eigenvalue weighted by molar-refractivity contribution is 6.32. The van der Waals surface area contributed by atoms with Crippen molar-refractivity contribution in [3.8, 4) is 11.5 Å². The van der Waals surface area contributed by atoms with E-state index >= 15 is 0 Å². The van der Waals surface area contributed by atoms with Gasteiger partial charge in [-0.1, -0.05) is 36.4 Å². The Hall–Kier alpha value is -3.45. The summed E-state index contributed by atoms with van der Waals surface area (Å²) in [5, 5.41) is 0.524. The van der Waals surface area contributed by atoms with E-state index in [0.717, 1.165) is 28.1 Å². The van der Waals surface area contributed by atoms with Crippen molar-refractivity contribution in [2.24, 2.45) is 0 Å². The fourth-order valence-electron chi connectivity index (χ4n) is 4.46. The first kappa shape index (κ1) is 30.1. The maximum atomic E-state index is 13.2. The van der Waals surface area contributed by atoms with Crippen LogP contribution in [0.3, 0.4) is 0 Å². The molecule has 0 saturated carbocycles. The molecule has 0 spiro atoms. The van der Waals surface area contributed by atoms with Gasteiger partial charge in [0.25, 0.3) is 0 Å².